The molecular weight excluding hydrogens is 244 g/mol. The largest absolute Gasteiger partial charge is 0.396 e. The molecule has 1 unspecified atom stereocenters. The first-order valence-corrected chi connectivity index (χ1v) is 6.86. The Morgan fingerprint density at radius 3 is 2.95 bits per heavy atom. The van der Waals surface area contributed by atoms with Crippen LogP contribution < -0.4 is 5.73 Å². The van der Waals surface area contributed by atoms with Gasteiger partial charge in [0, 0.05) is 32.5 Å². The quantitative estimate of drug-likeness (QED) is 0.770. The van der Waals surface area contributed by atoms with Crippen LogP contribution >= 0.6 is 0 Å². The molecule has 0 radical (unpaired) electrons. The van der Waals surface area contributed by atoms with Crippen molar-refractivity contribution in [2.45, 2.75) is 25.5 Å². The van der Waals surface area contributed by atoms with Crippen LogP contribution in [0.5, 0.6) is 0 Å². The van der Waals surface area contributed by atoms with Gasteiger partial charge in [-0.05, 0) is 25.8 Å². The fourth-order valence-electron chi connectivity index (χ4n) is 2.56. The van der Waals surface area contributed by atoms with Gasteiger partial charge in [-0.3, -0.25) is 4.68 Å². The number of aromatic nitrogens is 2. The Hall–Kier alpha value is -1.11. The molecule has 1 aliphatic heterocycles. The second-order valence-corrected chi connectivity index (χ2v) is 5.43. The van der Waals surface area contributed by atoms with E-state index in [2.05, 4.69) is 17.0 Å². The molecule has 6 heteroatoms. The third-order valence-electron chi connectivity index (χ3n) is 3.48. The molecule has 0 saturated carbocycles. The van der Waals surface area contributed by atoms with E-state index in [0.717, 1.165) is 32.6 Å². The lowest BCUT2D eigenvalue weighted by atomic mass is 10.00. The Morgan fingerprint density at radius 1 is 1.58 bits per heavy atom. The lowest BCUT2D eigenvalue weighted by molar-refractivity contribution is 0.0455. The monoisotopic (exact) mass is 268 g/mol. The first-order valence-electron chi connectivity index (χ1n) is 6.86. The van der Waals surface area contributed by atoms with Gasteiger partial charge in [0.2, 0.25) is 0 Å². The molecule has 19 heavy (non-hydrogen) atoms. The summed E-state index contributed by atoms with van der Waals surface area (Å²) in [7, 11) is 2.05. The zero-order valence-corrected chi connectivity index (χ0v) is 11.5. The Kier molecular flexibility index (Phi) is 5.18. The number of aliphatic hydroxyl groups is 1. The van der Waals surface area contributed by atoms with Gasteiger partial charge in [-0.15, -0.1) is 0 Å². The van der Waals surface area contributed by atoms with Crippen LogP contribution in [0.1, 0.15) is 12.8 Å². The fourth-order valence-corrected chi connectivity index (χ4v) is 2.56. The molecule has 6 nitrogen and oxygen atoms in total. The van der Waals surface area contributed by atoms with Crippen molar-refractivity contribution in [3.05, 3.63) is 12.4 Å². The molecule has 3 N–H and O–H groups in total. The summed E-state index contributed by atoms with van der Waals surface area (Å²) < 4.78 is 7.04. The van der Waals surface area contributed by atoms with Crippen LogP contribution in [0.3, 0.4) is 0 Å². The molecule has 2 rings (SSSR count). The molecule has 0 aromatic carbocycles. The Morgan fingerprint density at radius 2 is 2.32 bits per heavy atom. The number of likely N-dealkylation sites (N-methyl/N-ethyl adjacent to an activating group) is 1. The first kappa shape index (κ1) is 14.3. The summed E-state index contributed by atoms with van der Waals surface area (Å²) in [6, 6.07) is 0. The molecule has 1 aliphatic rings. The molecule has 1 aromatic heterocycles. The van der Waals surface area contributed by atoms with Crippen LogP contribution in [0.25, 0.3) is 0 Å². The molecule has 0 aliphatic carbocycles. The van der Waals surface area contributed by atoms with E-state index < -0.39 is 6.10 Å². The van der Waals surface area contributed by atoms with Crippen molar-refractivity contribution in [2.24, 2.45) is 5.92 Å². The van der Waals surface area contributed by atoms with Crippen molar-refractivity contribution in [2.75, 3.05) is 39.1 Å². The molecule has 0 bridgehead atoms. The van der Waals surface area contributed by atoms with Crippen LogP contribution in [0.15, 0.2) is 12.4 Å². The number of hydrogen-bond donors (Lipinski definition) is 2. The van der Waals surface area contributed by atoms with E-state index in [-0.39, 0.29) is 0 Å². The molecule has 1 aromatic rings. The van der Waals surface area contributed by atoms with Crippen molar-refractivity contribution < 1.29 is 9.84 Å². The SMILES string of the molecule is CN(CC(O)Cn1cc(N)cn1)CC1CCOCC1. The highest BCUT2D eigenvalue weighted by molar-refractivity contribution is 5.30. The van der Waals surface area contributed by atoms with Gasteiger partial charge in [-0.2, -0.15) is 5.10 Å². The van der Waals surface area contributed by atoms with Crippen LogP contribution in [0, 0.1) is 5.92 Å². The molecule has 2 heterocycles. The molecule has 1 saturated heterocycles. The molecule has 0 amide bonds. The van der Waals surface area contributed by atoms with Crippen molar-refractivity contribution in [3.8, 4) is 0 Å². The lowest BCUT2D eigenvalue weighted by Crippen LogP contribution is -2.36. The number of anilines is 1. The highest BCUT2D eigenvalue weighted by Crippen LogP contribution is 2.15. The predicted molar refractivity (Wildman–Crippen MR) is 73.7 cm³/mol. The topological polar surface area (TPSA) is 76.5 Å². The Bertz CT molecular complexity index is 376. The van der Waals surface area contributed by atoms with Gasteiger partial charge in [-0.25, -0.2) is 0 Å². The maximum Gasteiger partial charge on any atom is 0.0862 e. The highest BCUT2D eigenvalue weighted by atomic mass is 16.5. The van der Waals surface area contributed by atoms with E-state index in [1.54, 1.807) is 17.1 Å². The summed E-state index contributed by atoms with van der Waals surface area (Å²) in [5.74, 6) is 0.686. The van der Waals surface area contributed by atoms with Crippen LogP contribution in [-0.2, 0) is 11.3 Å². The Balaban J connectivity index is 1.70. The van der Waals surface area contributed by atoms with E-state index in [9.17, 15) is 5.11 Å². The third kappa shape index (κ3) is 4.81. The second-order valence-electron chi connectivity index (χ2n) is 5.43. The first-order chi connectivity index (χ1) is 9.13. The van der Waals surface area contributed by atoms with Crippen LogP contribution in [0.4, 0.5) is 5.69 Å². The fraction of sp³-hybridized carbons (Fsp3) is 0.769. The maximum atomic E-state index is 10.0. The zero-order chi connectivity index (χ0) is 13.7. The van der Waals surface area contributed by atoms with E-state index >= 15 is 0 Å². The average Bonchev–Trinajstić information content (AvgIpc) is 2.75. The maximum absolute atomic E-state index is 10.0. The smallest absolute Gasteiger partial charge is 0.0862 e. The summed E-state index contributed by atoms with van der Waals surface area (Å²) in [5, 5.41) is 14.1. The summed E-state index contributed by atoms with van der Waals surface area (Å²) in [6.45, 7) is 3.88. The third-order valence-corrected chi connectivity index (χ3v) is 3.48. The van der Waals surface area contributed by atoms with Crippen molar-refractivity contribution in [1.82, 2.24) is 14.7 Å². The number of ether oxygens (including phenoxy) is 1. The van der Waals surface area contributed by atoms with Crippen molar-refractivity contribution in [1.29, 1.82) is 0 Å². The molecule has 1 atom stereocenters. The van der Waals surface area contributed by atoms with Crippen molar-refractivity contribution in [3.63, 3.8) is 0 Å². The van der Waals surface area contributed by atoms with Crippen LogP contribution in [-0.4, -0.2) is 59.2 Å². The summed E-state index contributed by atoms with van der Waals surface area (Å²) in [4.78, 5) is 2.19. The molecule has 1 fully saturated rings. The van der Waals surface area contributed by atoms with E-state index in [1.807, 2.05) is 0 Å². The highest BCUT2D eigenvalue weighted by Gasteiger charge is 2.17. The average molecular weight is 268 g/mol. The Labute approximate surface area is 114 Å². The standard InChI is InChI=1S/C13H24N4O2/c1-16(7-11-2-4-19-5-3-11)9-13(18)10-17-8-12(14)6-15-17/h6,8,11,13,18H,2-5,7,9-10,14H2,1H3. The zero-order valence-electron chi connectivity index (χ0n) is 11.5. The van der Waals surface area contributed by atoms with Gasteiger partial charge in [0.05, 0.1) is 24.5 Å². The van der Waals surface area contributed by atoms with Gasteiger partial charge >= 0.3 is 0 Å². The van der Waals surface area contributed by atoms with Gasteiger partial charge in [-0.1, -0.05) is 0 Å². The van der Waals surface area contributed by atoms with Gasteiger partial charge in [0.15, 0.2) is 0 Å². The van der Waals surface area contributed by atoms with Gasteiger partial charge in [0.1, 0.15) is 0 Å². The van der Waals surface area contributed by atoms with E-state index in [4.69, 9.17) is 10.5 Å². The minimum atomic E-state index is -0.427. The number of nitrogen functional groups attached to an aromatic ring is 1. The number of rotatable bonds is 6. The molecular formula is C13H24N4O2. The van der Waals surface area contributed by atoms with E-state index in [1.165, 1.54) is 0 Å². The molecule has 0 spiro atoms. The molecule has 108 valence electrons. The number of nitrogens with zero attached hydrogens (tertiary/aromatic N) is 3. The number of aliphatic hydroxyl groups excluding tert-OH is 1. The number of hydrogen-bond acceptors (Lipinski definition) is 5. The van der Waals surface area contributed by atoms with Crippen LogP contribution in [0.2, 0.25) is 0 Å². The predicted octanol–water partition coefficient (Wildman–Crippen LogP) is 0.185. The minimum absolute atomic E-state index is 0.427. The van der Waals surface area contributed by atoms with E-state index in [0.29, 0.717) is 24.7 Å². The summed E-state index contributed by atoms with van der Waals surface area (Å²) in [6.07, 6.45) is 5.15. The summed E-state index contributed by atoms with van der Waals surface area (Å²) in [5.41, 5.74) is 6.22. The summed E-state index contributed by atoms with van der Waals surface area (Å²) >= 11 is 0. The van der Waals surface area contributed by atoms with Gasteiger partial charge < -0.3 is 20.5 Å². The number of nitrogens with two attached hydrogens (primary N) is 1. The normalized spacial score (nSPS) is 18.9. The van der Waals surface area contributed by atoms with Gasteiger partial charge in [0.25, 0.3) is 0 Å². The minimum Gasteiger partial charge on any atom is -0.396 e. The second kappa shape index (κ2) is 6.88. The lowest BCUT2D eigenvalue weighted by Gasteiger charge is -2.28. The van der Waals surface area contributed by atoms with Crippen molar-refractivity contribution >= 4 is 5.69 Å².